The molecule has 7 rings (SSSR count). The molecule has 2 N–H and O–H groups in total. The molecular formula is C35H30N4O4. The van der Waals surface area contributed by atoms with Gasteiger partial charge in [-0.3, -0.25) is 14.5 Å². The number of hydrogen-bond acceptors (Lipinski definition) is 4. The van der Waals surface area contributed by atoms with Crippen LogP contribution < -0.4 is 15.0 Å². The van der Waals surface area contributed by atoms with Crippen LogP contribution in [0.3, 0.4) is 0 Å². The van der Waals surface area contributed by atoms with E-state index in [1.807, 2.05) is 73.7 Å². The molecule has 8 heteroatoms. The third-order valence-electron chi connectivity index (χ3n) is 8.55. The van der Waals surface area contributed by atoms with E-state index in [9.17, 15) is 14.4 Å². The summed E-state index contributed by atoms with van der Waals surface area (Å²) in [6.45, 7) is 2.24. The number of ether oxygens (including phenoxy) is 1. The fourth-order valence-electron chi connectivity index (χ4n) is 6.49. The van der Waals surface area contributed by atoms with E-state index in [2.05, 4.69) is 16.4 Å². The van der Waals surface area contributed by atoms with Crippen LogP contribution in [0.1, 0.15) is 44.3 Å². The average Bonchev–Trinajstić information content (AvgIpc) is 3.53. The van der Waals surface area contributed by atoms with E-state index < -0.39 is 24.0 Å². The fraction of sp³-hybridized carbons (Fsp3) is 0.171. The van der Waals surface area contributed by atoms with Crippen molar-refractivity contribution < 1.29 is 19.1 Å². The normalized spacial score (nSPS) is 17.6. The maximum Gasteiger partial charge on any atom is 0.332 e. The largest absolute Gasteiger partial charge is 0.496 e. The first-order chi connectivity index (χ1) is 21.0. The van der Waals surface area contributed by atoms with Crippen LogP contribution in [0.25, 0.3) is 10.9 Å². The number of carbonyl (C=O) groups excluding carboxylic acids is 3. The van der Waals surface area contributed by atoms with Gasteiger partial charge in [0.15, 0.2) is 0 Å². The van der Waals surface area contributed by atoms with Crippen LogP contribution >= 0.6 is 0 Å². The lowest BCUT2D eigenvalue weighted by Gasteiger charge is -2.36. The smallest absolute Gasteiger partial charge is 0.332 e. The minimum absolute atomic E-state index is 0.227. The number of urea groups is 1. The van der Waals surface area contributed by atoms with Crippen molar-refractivity contribution >= 4 is 34.4 Å². The molecule has 0 spiro atoms. The van der Waals surface area contributed by atoms with Crippen molar-refractivity contribution in [3.63, 3.8) is 0 Å². The molecule has 0 saturated carbocycles. The Hall–Kier alpha value is -5.37. The molecule has 0 aliphatic carbocycles. The number of aryl methyl sites for hydroxylation is 1. The summed E-state index contributed by atoms with van der Waals surface area (Å²) in [6.07, 6.45) is 0.380. The molecule has 0 radical (unpaired) electrons. The monoisotopic (exact) mass is 570 g/mol. The summed E-state index contributed by atoms with van der Waals surface area (Å²) in [4.78, 5) is 48.6. The Labute approximate surface area is 248 Å². The second-order valence-corrected chi connectivity index (χ2v) is 10.9. The zero-order valence-corrected chi connectivity index (χ0v) is 23.8. The van der Waals surface area contributed by atoms with Crippen LogP contribution in [0.15, 0.2) is 97.1 Å². The van der Waals surface area contributed by atoms with E-state index in [0.29, 0.717) is 12.2 Å². The van der Waals surface area contributed by atoms with E-state index >= 15 is 0 Å². The second kappa shape index (κ2) is 10.5. The summed E-state index contributed by atoms with van der Waals surface area (Å²) in [6, 6.07) is 28.5. The van der Waals surface area contributed by atoms with Gasteiger partial charge in [0, 0.05) is 35.1 Å². The minimum Gasteiger partial charge on any atom is -0.496 e. The molecule has 43 heavy (non-hydrogen) atoms. The van der Waals surface area contributed by atoms with E-state index in [1.165, 1.54) is 4.90 Å². The number of aromatic amines is 1. The molecule has 214 valence electrons. The van der Waals surface area contributed by atoms with Gasteiger partial charge in [0.1, 0.15) is 17.8 Å². The van der Waals surface area contributed by atoms with Crippen molar-refractivity contribution in [2.24, 2.45) is 0 Å². The fourth-order valence-corrected chi connectivity index (χ4v) is 6.49. The van der Waals surface area contributed by atoms with Crippen molar-refractivity contribution in [2.45, 2.75) is 32.0 Å². The lowest BCUT2D eigenvalue weighted by Crippen LogP contribution is -2.44. The number of H-pyrrole nitrogens is 1. The number of para-hydroxylation sites is 3. The van der Waals surface area contributed by atoms with Gasteiger partial charge in [0.05, 0.1) is 18.4 Å². The van der Waals surface area contributed by atoms with Crippen LogP contribution in [0.2, 0.25) is 0 Å². The molecule has 2 aliphatic heterocycles. The quantitative estimate of drug-likeness (QED) is 0.249. The van der Waals surface area contributed by atoms with Crippen LogP contribution in [0.5, 0.6) is 5.75 Å². The summed E-state index contributed by atoms with van der Waals surface area (Å²) >= 11 is 0. The number of nitrogens with zero attached hydrogens (tertiary/aromatic N) is 2. The standard InChI is InChI=1S/C35H30N4O4/c1-21-11-3-5-13-23(21)32-31-26(24-14-6-8-16-27(24)37-31)19-29-34(41)39(35(42)38(29)32)28-17-9-7-15-25(28)33(40)36-20-22-12-4-10-18-30(22)43-2/h3-18,29,32,37H,19-20H2,1-2H3,(H,36,40)/t29-,32-/m0/s1. The number of anilines is 1. The lowest BCUT2D eigenvalue weighted by molar-refractivity contribution is -0.120. The molecule has 4 amide bonds. The van der Waals surface area contributed by atoms with Crippen molar-refractivity contribution in [1.29, 1.82) is 0 Å². The third-order valence-corrected chi connectivity index (χ3v) is 8.55. The summed E-state index contributed by atoms with van der Waals surface area (Å²) in [5.41, 5.74) is 6.22. The Morgan fingerprint density at radius 3 is 2.49 bits per heavy atom. The average molecular weight is 571 g/mol. The zero-order valence-electron chi connectivity index (χ0n) is 23.8. The van der Waals surface area contributed by atoms with Crippen LogP contribution in [0, 0.1) is 6.92 Å². The van der Waals surface area contributed by atoms with E-state index in [4.69, 9.17) is 4.74 Å². The number of amides is 4. The number of methoxy groups -OCH3 is 1. The van der Waals surface area contributed by atoms with Gasteiger partial charge >= 0.3 is 6.03 Å². The molecule has 4 aromatic carbocycles. The number of nitrogens with one attached hydrogen (secondary N) is 2. The van der Waals surface area contributed by atoms with Crippen molar-refractivity contribution in [3.05, 3.63) is 131 Å². The molecule has 1 aromatic heterocycles. The summed E-state index contributed by atoms with van der Waals surface area (Å²) < 4.78 is 5.42. The van der Waals surface area contributed by atoms with Crippen molar-refractivity contribution in [2.75, 3.05) is 12.0 Å². The van der Waals surface area contributed by atoms with Crippen molar-refractivity contribution in [1.82, 2.24) is 15.2 Å². The summed E-state index contributed by atoms with van der Waals surface area (Å²) in [5.74, 6) is -0.0704. The minimum atomic E-state index is -0.714. The van der Waals surface area contributed by atoms with Crippen molar-refractivity contribution in [3.8, 4) is 5.75 Å². The van der Waals surface area contributed by atoms with Gasteiger partial charge in [0.2, 0.25) is 0 Å². The first-order valence-corrected chi connectivity index (χ1v) is 14.3. The highest BCUT2D eigenvalue weighted by Gasteiger charge is 2.53. The van der Waals surface area contributed by atoms with Gasteiger partial charge in [-0.05, 0) is 47.9 Å². The Kier molecular flexibility index (Phi) is 6.46. The Morgan fingerprint density at radius 1 is 0.930 bits per heavy atom. The molecule has 1 saturated heterocycles. The molecular weight excluding hydrogens is 540 g/mol. The first kappa shape index (κ1) is 26.5. The van der Waals surface area contributed by atoms with Gasteiger partial charge < -0.3 is 15.0 Å². The maximum atomic E-state index is 14.4. The number of benzene rings is 4. The van der Waals surface area contributed by atoms with Gasteiger partial charge in [-0.2, -0.15) is 0 Å². The topological polar surface area (TPSA) is 94.7 Å². The summed E-state index contributed by atoms with van der Waals surface area (Å²) in [5, 5.41) is 3.98. The number of hydrogen-bond donors (Lipinski definition) is 2. The van der Waals surface area contributed by atoms with Gasteiger partial charge in [-0.15, -0.1) is 0 Å². The number of carbonyl (C=O) groups is 3. The molecule has 0 bridgehead atoms. The van der Waals surface area contributed by atoms with Gasteiger partial charge in [-0.25, -0.2) is 9.69 Å². The molecule has 8 nitrogen and oxygen atoms in total. The molecule has 1 fully saturated rings. The lowest BCUT2D eigenvalue weighted by atomic mass is 9.87. The Balaban J connectivity index is 1.28. The van der Waals surface area contributed by atoms with Crippen LogP contribution in [-0.4, -0.2) is 40.9 Å². The van der Waals surface area contributed by atoms with E-state index in [-0.39, 0.29) is 23.7 Å². The van der Waals surface area contributed by atoms with Crippen LogP contribution in [0.4, 0.5) is 10.5 Å². The van der Waals surface area contributed by atoms with E-state index in [1.54, 1.807) is 36.3 Å². The number of fused-ring (bicyclic) bond motifs is 4. The second-order valence-electron chi connectivity index (χ2n) is 10.9. The molecule has 0 unspecified atom stereocenters. The predicted octanol–water partition coefficient (Wildman–Crippen LogP) is 5.90. The van der Waals surface area contributed by atoms with Gasteiger partial charge in [-0.1, -0.05) is 72.8 Å². The van der Waals surface area contributed by atoms with Gasteiger partial charge in [0.25, 0.3) is 11.8 Å². The number of imide groups is 1. The molecule has 5 aromatic rings. The highest BCUT2D eigenvalue weighted by molar-refractivity contribution is 6.24. The highest BCUT2D eigenvalue weighted by Crippen LogP contribution is 2.45. The third kappa shape index (κ3) is 4.25. The Bertz CT molecular complexity index is 1910. The maximum absolute atomic E-state index is 14.4. The number of rotatable bonds is 6. The SMILES string of the molecule is COc1ccccc1CNC(=O)c1ccccc1N1C(=O)[C@@H]2Cc3c([nH]c4ccccc34)[C@H](c3ccccc3C)N2C1=O. The molecule has 2 aliphatic rings. The number of aromatic nitrogens is 1. The zero-order chi connectivity index (χ0) is 29.7. The van der Waals surface area contributed by atoms with E-state index in [0.717, 1.165) is 38.9 Å². The predicted molar refractivity (Wildman–Crippen MR) is 164 cm³/mol. The Morgan fingerprint density at radius 2 is 1.65 bits per heavy atom. The highest BCUT2D eigenvalue weighted by atomic mass is 16.5. The molecule has 2 atom stereocenters. The van der Waals surface area contributed by atoms with Crippen LogP contribution in [-0.2, 0) is 17.8 Å². The first-order valence-electron chi connectivity index (χ1n) is 14.3. The summed E-state index contributed by atoms with van der Waals surface area (Å²) in [7, 11) is 1.58. The molecule has 3 heterocycles.